The molecule has 0 aromatic rings. The summed E-state index contributed by atoms with van der Waals surface area (Å²) >= 11 is 0. The molecule has 104 valence electrons. The molecule has 1 saturated heterocycles. The lowest BCUT2D eigenvalue weighted by atomic mass is 9.53. The van der Waals surface area contributed by atoms with E-state index in [1.54, 1.807) is 0 Å². The zero-order chi connectivity index (χ0) is 13.2. The quantitative estimate of drug-likeness (QED) is 0.768. The predicted octanol–water partition coefficient (Wildman–Crippen LogP) is 1.56. The normalized spacial score (nSPS) is 50.7. The van der Waals surface area contributed by atoms with Gasteiger partial charge in [-0.1, -0.05) is 0 Å². The molecule has 1 heterocycles. The van der Waals surface area contributed by atoms with Gasteiger partial charge < -0.3 is 14.6 Å². The van der Waals surface area contributed by atoms with Crippen molar-refractivity contribution in [2.75, 3.05) is 0 Å². The molecule has 5 aliphatic rings. The molecular weight excluding hydrogens is 248 g/mol. The van der Waals surface area contributed by atoms with Gasteiger partial charge in [-0.15, -0.1) is 0 Å². The van der Waals surface area contributed by atoms with Crippen LogP contribution in [0.5, 0.6) is 0 Å². The number of hydrogen-bond donors (Lipinski definition) is 1. The third-order valence-electron chi connectivity index (χ3n) is 5.49. The Morgan fingerprint density at radius 1 is 1.16 bits per heavy atom. The van der Waals surface area contributed by atoms with Crippen molar-refractivity contribution in [3.05, 3.63) is 0 Å². The first-order chi connectivity index (χ1) is 9.07. The summed E-state index contributed by atoms with van der Waals surface area (Å²) in [4.78, 5) is 22.7. The minimum atomic E-state index is -1.01. The Bertz CT molecular complexity index is 415. The van der Waals surface area contributed by atoms with Gasteiger partial charge in [0.25, 0.3) is 0 Å². The number of carboxylic acids is 1. The number of carbonyl (C=O) groups excluding carboxylic acids is 1. The van der Waals surface area contributed by atoms with Gasteiger partial charge in [0.2, 0.25) is 5.79 Å². The fourth-order valence-corrected chi connectivity index (χ4v) is 5.00. The smallest absolute Gasteiger partial charge is 0.338 e. The molecule has 1 aliphatic heterocycles. The molecule has 0 aromatic heterocycles. The van der Waals surface area contributed by atoms with Gasteiger partial charge in [-0.05, 0) is 43.9 Å². The van der Waals surface area contributed by atoms with Crippen LogP contribution in [-0.4, -0.2) is 28.9 Å². The summed E-state index contributed by atoms with van der Waals surface area (Å²) in [5.41, 5.74) is 0. The maximum atomic E-state index is 11.9. The molecule has 1 atom stereocenters. The molecule has 0 amide bonds. The van der Waals surface area contributed by atoms with Crippen molar-refractivity contribution in [2.24, 2.45) is 23.7 Å². The third kappa shape index (κ3) is 1.57. The van der Waals surface area contributed by atoms with E-state index in [0.29, 0.717) is 0 Å². The van der Waals surface area contributed by atoms with E-state index >= 15 is 0 Å². The van der Waals surface area contributed by atoms with Crippen molar-refractivity contribution in [1.82, 2.24) is 0 Å². The first-order valence-corrected chi connectivity index (χ1v) is 7.19. The molecule has 1 unspecified atom stereocenters. The van der Waals surface area contributed by atoms with Gasteiger partial charge in [0, 0.05) is 11.8 Å². The molecule has 0 radical (unpaired) electrons. The van der Waals surface area contributed by atoms with Crippen molar-refractivity contribution in [3.8, 4) is 0 Å². The second-order valence-corrected chi connectivity index (χ2v) is 6.65. The molecule has 5 fully saturated rings. The minimum absolute atomic E-state index is 0.284. The predicted molar refractivity (Wildman–Crippen MR) is 63.0 cm³/mol. The van der Waals surface area contributed by atoms with Crippen molar-refractivity contribution < 1.29 is 24.2 Å². The van der Waals surface area contributed by atoms with Gasteiger partial charge in [-0.2, -0.15) is 0 Å². The number of carboxylic acid groups (broad SMARTS) is 1. The Labute approximate surface area is 111 Å². The van der Waals surface area contributed by atoms with Gasteiger partial charge in [0.1, 0.15) is 0 Å². The summed E-state index contributed by atoms with van der Waals surface area (Å²) in [6, 6.07) is 0. The van der Waals surface area contributed by atoms with Crippen LogP contribution in [0.25, 0.3) is 0 Å². The summed E-state index contributed by atoms with van der Waals surface area (Å²) in [5.74, 6) is -0.191. The van der Waals surface area contributed by atoms with Crippen LogP contribution in [0.1, 0.15) is 38.5 Å². The fraction of sp³-hybridized carbons (Fsp3) is 0.857. The topological polar surface area (TPSA) is 72.8 Å². The molecule has 0 aromatic carbocycles. The average molecular weight is 266 g/mol. The van der Waals surface area contributed by atoms with E-state index in [2.05, 4.69) is 0 Å². The Morgan fingerprint density at radius 2 is 1.74 bits per heavy atom. The van der Waals surface area contributed by atoms with E-state index < -0.39 is 23.8 Å². The van der Waals surface area contributed by atoms with Crippen molar-refractivity contribution >= 4 is 11.9 Å². The van der Waals surface area contributed by atoms with Crippen molar-refractivity contribution in [1.29, 1.82) is 0 Å². The van der Waals surface area contributed by atoms with Crippen LogP contribution in [0.15, 0.2) is 0 Å². The van der Waals surface area contributed by atoms with Gasteiger partial charge in [0.15, 0.2) is 6.10 Å². The first kappa shape index (κ1) is 11.7. The summed E-state index contributed by atoms with van der Waals surface area (Å²) in [5, 5.41) is 8.84. The highest BCUT2D eigenvalue weighted by Gasteiger charge is 2.65. The van der Waals surface area contributed by atoms with E-state index in [-0.39, 0.29) is 18.3 Å². The van der Waals surface area contributed by atoms with Gasteiger partial charge in [-0.3, -0.25) is 4.79 Å². The number of carbonyl (C=O) groups is 2. The molecule has 4 bridgehead atoms. The SMILES string of the molecule is O=C(O)CC1OC2(OC1=O)C1CC3CC(C1)CC2C3. The van der Waals surface area contributed by atoms with Crippen LogP contribution in [0.4, 0.5) is 0 Å². The molecule has 19 heavy (non-hydrogen) atoms. The monoisotopic (exact) mass is 266 g/mol. The number of ether oxygens (including phenoxy) is 2. The van der Waals surface area contributed by atoms with E-state index in [1.165, 1.54) is 6.42 Å². The molecule has 4 saturated carbocycles. The summed E-state index contributed by atoms with van der Waals surface area (Å²) in [6.45, 7) is 0. The molecular formula is C14H18O5. The second-order valence-electron chi connectivity index (χ2n) is 6.65. The highest BCUT2D eigenvalue weighted by atomic mass is 16.8. The maximum absolute atomic E-state index is 11.9. The van der Waals surface area contributed by atoms with Crippen LogP contribution >= 0.6 is 0 Å². The highest BCUT2D eigenvalue weighted by Crippen LogP contribution is 2.61. The summed E-state index contributed by atoms with van der Waals surface area (Å²) in [6.07, 6.45) is 4.40. The number of rotatable bonds is 2. The first-order valence-electron chi connectivity index (χ1n) is 7.19. The fourth-order valence-electron chi connectivity index (χ4n) is 5.00. The molecule has 5 nitrogen and oxygen atoms in total. The van der Waals surface area contributed by atoms with Gasteiger partial charge in [-0.25, -0.2) is 4.79 Å². The standard InChI is InChI=1S/C14H18O5/c15-12(16)6-11-13(17)19-14(18-11)9-2-7-1-8(4-9)5-10(14)3-7/h7-11H,1-6H2,(H,15,16). The molecule has 1 spiro atoms. The van der Waals surface area contributed by atoms with E-state index in [9.17, 15) is 9.59 Å². The van der Waals surface area contributed by atoms with Crippen LogP contribution in [0.2, 0.25) is 0 Å². The third-order valence-corrected chi connectivity index (χ3v) is 5.49. The van der Waals surface area contributed by atoms with Crippen molar-refractivity contribution in [2.45, 2.75) is 50.4 Å². The van der Waals surface area contributed by atoms with Crippen LogP contribution in [0, 0.1) is 23.7 Å². The molecule has 5 rings (SSSR count). The number of aliphatic carboxylic acids is 1. The minimum Gasteiger partial charge on any atom is -0.481 e. The van der Waals surface area contributed by atoms with Crippen LogP contribution in [-0.2, 0) is 19.1 Å². The zero-order valence-corrected chi connectivity index (χ0v) is 10.7. The molecule has 5 heteroatoms. The van der Waals surface area contributed by atoms with E-state index in [4.69, 9.17) is 14.6 Å². The maximum Gasteiger partial charge on any atom is 0.338 e. The largest absolute Gasteiger partial charge is 0.481 e. The molecule has 1 N–H and O–H groups in total. The Balaban J connectivity index is 1.61. The lowest BCUT2D eigenvalue weighted by Gasteiger charge is -2.57. The van der Waals surface area contributed by atoms with E-state index in [0.717, 1.165) is 37.5 Å². The Hall–Kier alpha value is -1.10. The molecule has 4 aliphatic carbocycles. The number of hydrogen-bond acceptors (Lipinski definition) is 4. The zero-order valence-electron chi connectivity index (χ0n) is 10.7. The average Bonchev–Trinajstić information content (AvgIpc) is 2.63. The second kappa shape index (κ2) is 3.72. The summed E-state index contributed by atoms with van der Waals surface area (Å²) < 4.78 is 11.5. The Morgan fingerprint density at radius 3 is 2.26 bits per heavy atom. The van der Waals surface area contributed by atoms with Crippen molar-refractivity contribution in [3.63, 3.8) is 0 Å². The van der Waals surface area contributed by atoms with Crippen LogP contribution < -0.4 is 0 Å². The highest BCUT2D eigenvalue weighted by molar-refractivity contribution is 5.82. The lowest BCUT2D eigenvalue weighted by molar-refractivity contribution is -0.290. The van der Waals surface area contributed by atoms with Gasteiger partial charge in [0.05, 0.1) is 6.42 Å². The Kier molecular flexibility index (Phi) is 2.29. The number of esters is 1. The van der Waals surface area contributed by atoms with Crippen LogP contribution in [0.3, 0.4) is 0 Å². The van der Waals surface area contributed by atoms with E-state index in [1.807, 2.05) is 0 Å². The summed E-state index contributed by atoms with van der Waals surface area (Å²) in [7, 11) is 0. The van der Waals surface area contributed by atoms with Gasteiger partial charge >= 0.3 is 11.9 Å². The lowest BCUT2D eigenvalue weighted by Crippen LogP contribution is -2.58.